The zero-order valence-corrected chi connectivity index (χ0v) is 10.8. The number of hydrogen-bond donors (Lipinski definition) is 0. The van der Waals surface area contributed by atoms with Gasteiger partial charge >= 0.3 is 0 Å². The van der Waals surface area contributed by atoms with Gasteiger partial charge in [0.15, 0.2) is 10.8 Å². The van der Waals surface area contributed by atoms with Gasteiger partial charge in [-0.15, -0.1) is 11.3 Å². The highest BCUT2D eigenvalue weighted by Crippen LogP contribution is 2.18. The molecule has 0 saturated carbocycles. The van der Waals surface area contributed by atoms with E-state index in [0.717, 1.165) is 10.5 Å². The Morgan fingerprint density at radius 1 is 1.18 bits per heavy atom. The Labute approximate surface area is 107 Å². The van der Waals surface area contributed by atoms with E-state index in [1.807, 2.05) is 40.2 Å². The highest BCUT2D eigenvalue weighted by Gasteiger charge is 2.04. The van der Waals surface area contributed by atoms with E-state index in [9.17, 15) is 0 Å². The summed E-state index contributed by atoms with van der Waals surface area (Å²) in [4.78, 5) is 9.72. The Morgan fingerprint density at radius 2 is 1.94 bits per heavy atom. The maximum Gasteiger partial charge on any atom is 0.208 e. The van der Waals surface area contributed by atoms with Crippen LogP contribution in [0.1, 0.15) is 5.56 Å². The molecule has 0 aliphatic carbocycles. The molecule has 3 aromatic rings. The van der Waals surface area contributed by atoms with Gasteiger partial charge in [0.25, 0.3) is 0 Å². The van der Waals surface area contributed by atoms with Crippen LogP contribution in [0.25, 0.3) is 16.3 Å². The molecule has 2 heterocycles. The minimum atomic E-state index is 0.548. The maximum absolute atomic E-state index is 5.24. The number of hydrogen-bond acceptors (Lipinski definition) is 4. The normalized spacial score (nSPS) is 10.9. The van der Waals surface area contributed by atoms with Crippen molar-refractivity contribution in [3.05, 3.63) is 46.2 Å². The SMILES string of the molecule is Cc1ccc(-c2nc(=S)n3ccsc3n2)cc1. The van der Waals surface area contributed by atoms with Crippen LogP contribution in [0.5, 0.6) is 0 Å². The van der Waals surface area contributed by atoms with Crippen LogP contribution >= 0.6 is 23.6 Å². The second-order valence-corrected chi connectivity index (χ2v) is 4.99. The molecule has 0 fully saturated rings. The van der Waals surface area contributed by atoms with Crippen molar-refractivity contribution in [1.82, 2.24) is 14.4 Å². The lowest BCUT2D eigenvalue weighted by Crippen LogP contribution is -1.95. The van der Waals surface area contributed by atoms with E-state index in [0.29, 0.717) is 10.6 Å². The monoisotopic (exact) mass is 259 g/mol. The molecule has 3 nitrogen and oxygen atoms in total. The third kappa shape index (κ3) is 1.87. The van der Waals surface area contributed by atoms with Crippen molar-refractivity contribution in [3.63, 3.8) is 0 Å². The summed E-state index contributed by atoms with van der Waals surface area (Å²) in [6.45, 7) is 2.06. The van der Waals surface area contributed by atoms with Crippen molar-refractivity contribution in [3.8, 4) is 11.4 Å². The van der Waals surface area contributed by atoms with E-state index in [1.54, 1.807) is 11.3 Å². The lowest BCUT2D eigenvalue weighted by atomic mass is 10.1. The van der Waals surface area contributed by atoms with Crippen molar-refractivity contribution in [2.24, 2.45) is 0 Å². The highest BCUT2D eigenvalue weighted by molar-refractivity contribution is 7.71. The van der Waals surface area contributed by atoms with E-state index in [2.05, 4.69) is 16.9 Å². The van der Waals surface area contributed by atoms with Gasteiger partial charge in [0.2, 0.25) is 4.77 Å². The molecule has 3 rings (SSSR count). The maximum atomic E-state index is 5.24. The zero-order chi connectivity index (χ0) is 11.8. The van der Waals surface area contributed by atoms with Gasteiger partial charge in [0, 0.05) is 17.1 Å². The van der Waals surface area contributed by atoms with E-state index < -0.39 is 0 Å². The Kier molecular flexibility index (Phi) is 2.49. The molecule has 0 amide bonds. The van der Waals surface area contributed by atoms with Crippen LogP contribution in [0.4, 0.5) is 0 Å². The largest absolute Gasteiger partial charge is 0.267 e. The lowest BCUT2D eigenvalue weighted by Gasteiger charge is -2.01. The van der Waals surface area contributed by atoms with E-state index in [1.165, 1.54) is 5.56 Å². The highest BCUT2D eigenvalue weighted by atomic mass is 32.1. The topological polar surface area (TPSA) is 30.2 Å². The first kappa shape index (κ1) is 10.6. The first-order valence-corrected chi connectivity index (χ1v) is 6.44. The minimum Gasteiger partial charge on any atom is -0.267 e. The first-order chi connectivity index (χ1) is 8.24. The second-order valence-electron chi connectivity index (χ2n) is 3.75. The molecule has 0 bridgehead atoms. The molecule has 17 heavy (non-hydrogen) atoms. The second kappa shape index (κ2) is 4.01. The number of fused-ring (bicyclic) bond motifs is 1. The minimum absolute atomic E-state index is 0.548. The first-order valence-electron chi connectivity index (χ1n) is 5.15. The molecule has 84 valence electrons. The molecule has 0 aliphatic rings. The molecule has 1 aromatic carbocycles. The summed E-state index contributed by atoms with van der Waals surface area (Å²) in [7, 11) is 0. The van der Waals surface area contributed by atoms with Gasteiger partial charge in [0.05, 0.1) is 0 Å². The predicted octanol–water partition coefficient (Wildman–Crippen LogP) is 3.50. The number of thiazole rings is 1. The van der Waals surface area contributed by atoms with Crippen LogP contribution in [0, 0.1) is 11.7 Å². The Bertz CT molecular complexity index is 725. The van der Waals surface area contributed by atoms with E-state index >= 15 is 0 Å². The van der Waals surface area contributed by atoms with E-state index in [4.69, 9.17) is 12.2 Å². The van der Waals surface area contributed by atoms with Gasteiger partial charge in [-0.3, -0.25) is 4.40 Å². The molecule has 0 unspecified atom stereocenters. The zero-order valence-electron chi connectivity index (χ0n) is 9.12. The molecule has 0 radical (unpaired) electrons. The van der Waals surface area contributed by atoms with Crippen molar-refractivity contribution in [2.75, 3.05) is 0 Å². The van der Waals surface area contributed by atoms with Crippen molar-refractivity contribution < 1.29 is 0 Å². The average molecular weight is 259 g/mol. The molecular weight excluding hydrogens is 250 g/mol. The fraction of sp³-hybridized carbons (Fsp3) is 0.0833. The summed E-state index contributed by atoms with van der Waals surface area (Å²) >= 11 is 6.80. The number of benzene rings is 1. The van der Waals surface area contributed by atoms with Crippen LogP contribution in [-0.2, 0) is 0 Å². The van der Waals surface area contributed by atoms with Crippen LogP contribution in [0.3, 0.4) is 0 Å². The van der Waals surface area contributed by atoms with Gasteiger partial charge in [-0.25, -0.2) is 4.98 Å². The molecule has 2 aromatic heterocycles. The summed E-state index contributed by atoms with van der Waals surface area (Å²) < 4.78 is 2.37. The molecule has 0 atom stereocenters. The van der Waals surface area contributed by atoms with Crippen LogP contribution in [0.2, 0.25) is 0 Å². The number of rotatable bonds is 1. The summed E-state index contributed by atoms with van der Waals surface area (Å²) in [6.07, 6.45) is 1.89. The Hall–Kier alpha value is -1.59. The summed E-state index contributed by atoms with van der Waals surface area (Å²) in [5.74, 6) is 0.692. The molecule has 0 spiro atoms. The summed E-state index contributed by atoms with van der Waals surface area (Å²) in [5, 5.41) is 1.96. The lowest BCUT2D eigenvalue weighted by molar-refractivity contribution is 1.01. The standard InChI is InChI=1S/C12H9N3S2/c1-8-2-4-9(5-3-8)10-13-11(16)15-6-7-17-12(15)14-10/h2-7H,1H3. The predicted molar refractivity (Wildman–Crippen MR) is 71.9 cm³/mol. The molecule has 0 saturated heterocycles. The van der Waals surface area contributed by atoms with Gasteiger partial charge in [-0.1, -0.05) is 29.8 Å². The van der Waals surface area contributed by atoms with Gasteiger partial charge in [-0.2, -0.15) is 4.98 Å². The average Bonchev–Trinajstić information content (AvgIpc) is 2.78. The van der Waals surface area contributed by atoms with Crippen LogP contribution < -0.4 is 0 Å². The van der Waals surface area contributed by atoms with Gasteiger partial charge in [-0.05, 0) is 19.1 Å². The van der Waals surface area contributed by atoms with Crippen molar-refractivity contribution >= 4 is 28.5 Å². The smallest absolute Gasteiger partial charge is 0.208 e. The third-order valence-corrected chi connectivity index (χ3v) is 3.55. The summed E-state index contributed by atoms with van der Waals surface area (Å²) in [5.41, 5.74) is 2.22. The van der Waals surface area contributed by atoms with Crippen molar-refractivity contribution in [1.29, 1.82) is 0 Å². The van der Waals surface area contributed by atoms with Crippen LogP contribution in [0.15, 0.2) is 35.8 Å². The van der Waals surface area contributed by atoms with Gasteiger partial charge < -0.3 is 0 Å². The number of aryl methyl sites for hydroxylation is 1. The fourth-order valence-electron chi connectivity index (χ4n) is 1.59. The number of aromatic nitrogens is 3. The molecular formula is C12H9N3S2. The molecule has 0 N–H and O–H groups in total. The Balaban J connectivity index is 2.23. The quantitative estimate of drug-likeness (QED) is 0.627. The molecule has 0 aliphatic heterocycles. The van der Waals surface area contributed by atoms with Gasteiger partial charge in [0.1, 0.15) is 0 Å². The van der Waals surface area contributed by atoms with Crippen molar-refractivity contribution in [2.45, 2.75) is 6.92 Å². The van der Waals surface area contributed by atoms with Crippen LogP contribution in [-0.4, -0.2) is 14.4 Å². The summed E-state index contributed by atoms with van der Waals surface area (Å²) in [6, 6.07) is 8.13. The van der Waals surface area contributed by atoms with E-state index in [-0.39, 0.29) is 0 Å². The fourth-order valence-corrected chi connectivity index (χ4v) is 2.59. The third-order valence-electron chi connectivity index (χ3n) is 2.51. The number of nitrogens with zero attached hydrogens (tertiary/aromatic N) is 3. The Morgan fingerprint density at radius 3 is 2.71 bits per heavy atom. The molecule has 5 heteroatoms.